The highest BCUT2D eigenvalue weighted by atomic mass is 35.5. The lowest BCUT2D eigenvalue weighted by Crippen LogP contribution is -2.35. The van der Waals surface area contributed by atoms with Crippen molar-refractivity contribution in [2.75, 3.05) is 12.4 Å². The Labute approximate surface area is 177 Å². The molecule has 0 fully saturated rings. The second-order valence-electron chi connectivity index (χ2n) is 6.34. The van der Waals surface area contributed by atoms with Gasteiger partial charge in [-0.05, 0) is 31.9 Å². The molecule has 0 saturated heterocycles. The van der Waals surface area contributed by atoms with Gasteiger partial charge >= 0.3 is 6.03 Å². The molecule has 0 atom stereocenters. The van der Waals surface area contributed by atoms with Gasteiger partial charge in [0.1, 0.15) is 0 Å². The molecule has 0 spiro atoms. The van der Waals surface area contributed by atoms with Gasteiger partial charge in [0.15, 0.2) is 10.8 Å². The van der Waals surface area contributed by atoms with E-state index in [9.17, 15) is 13.2 Å². The Kier molecular flexibility index (Phi) is 6.37. The number of anilines is 1. The molecule has 0 saturated carbocycles. The van der Waals surface area contributed by atoms with E-state index in [1.54, 1.807) is 25.1 Å². The maximum atomic E-state index is 12.8. The largest absolute Gasteiger partial charge is 0.481 e. The SMILES string of the molecule is CCCCc1ccc2nc(Cl)c(S(=O)(=O)NC(=O)Nc3nc(C)cc(OC)n3)n2n1. The van der Waals surface area contributed by atoms with Gasteiger partial charge in [0, 0.05) is 11.8 Å². The fourth-order valence-electron chi connectivity index (χ4n) is 2.64. The third-order valence-corrected chi connectivity index (χ3v) is 5.69. The Bertz CT molecular complexity index is 1200. The number of carbonyl (C=O) groups excluding carboxylic acids is 1. The monoisotopic (exact) mass is 453 g/mol. The minimum Gasteiger partial charge on any atom is -0.481 e. The van der Waals surface area contributed by atoms with Crippen LogP contribution in [0.15, 0.2) is 23.2 Å². The fraction of sp³-hybridized carbons (Fsp3) is 0.353. The van der Waals surface area contributed by atoms with Crippen molar-refractivity contribution < 1.29 is 17.9 Å². The van der Waals surface area contributed by atoms with Crippen LogP contribution in [-0.4, -0.2) is 46.1 Å². The minimum absolute atomic E-state index is 0.122. The van der Waals surface area contributed by atoms with E-state index in [-0.39, 0.29) is 22.6 Å². The van der Waals surface area contributed by atoms with E-state index >= 15 is 0 Å². The molecule has 160 valence electrons. The summed E-state index contributed by atoms with van der Waals surface area (Å²) in [5, 5.41) is 5.82. The smallest absolute Gasteiger partial charge is 0.335 e. The number of hydrogen-bond acceptors (Lipinski definition) is 8. The topological polar surface area (TPSA) is 140 Å². The molecule has 3 heterocycles. The van der Waals surface area contributed by atoms with E-state index < -0.39 is 21.1 Å². The van der Waals surface area contributed by atoms with Gasteiger partial charge in [-0.15, -0.1) is 0 Å². The van der Waals surface area contributed by atoms with Crippen LogP contribution in [0.4, 0.5) is 10.7 Å². The Morgan fingerprint density at radius 2 is 2.03 bits per heavy atom. The first-order chi connectivity index (χ1) is 14.2. The standard InChI is InChI=1S/C17H20ClN7O4S/c1-4-5-6-11-7-8-12-20-14(18)15(25(12)23-11)30(27,28)24-17(26)22-16-19-10(2)9-13(21-16)29-3/h7-9H,4-6H2,1-3H3,(H2,19,21,22,24,26). The van der Waals surface area contributed by atoms with E-state index in [0.29, 0.717) is 17.8 Å². The number of amides is 2. The molecule has 11 nitrogen and oxygen atoms in total. The van der Waals surface area contributed by atoms with Crippen molar-refractivity contribution in [3.63, 3.8) is 0 Å². The quantitative estimate of drug-likeness (QED) is 0.555. The van der Waals surface area contributed by atoms with Crippen LogP contribution in [0.3, 0.4) is 0 Å². The summed E-state index contributed by atoms with van der Waals surface area (Å²) in [4.78, 5) is 24.2. The second kappa shape index (κ2) is 8.79. The summed E-state index contributed by atoms with van der Waals surface area (Å²) >= 11 is 6.05. The van der Waals surface area contributed by atoms with E-state index in [1.807, 2.05) is 11.6 Å². The van der Waals surface area contributed by atoms with Crippen LogP contribution < -0.4 is 14.8 Å². The number of nitrogens with zero attached hydrogens (tertiary/aromatic N) is 5. The molecular weight excluding hydrogens is 434 g/mol. The molecule has 3 rings (SSSR count). The molecule has 2 amide bonds. The lowest BCUT2D eigenvalue weighted by Gasteiger charge is -2.09. The Morgan fingerprint density at radius 3 is 2.73 bits per heavy atom. The predicted molar refractivity (Wildman–Crippen MR) is 109 cm³/mol. The van der Waals surface area contributed by atoms with Crippen molar-refractivity contribution in [2.24, 2.45) is 0 Å². The summed E-state index contributed by atoms with van der Waals surface area (Å²) in [7, 11) is -2.99. The zero-order chi connectivity index (χ0) is 21.9. The molecule has 0 aliphatic carbocycles. The zero-order valence-corrected chi connectivity index (χ0v) is 18.1. The lowest BCUT2D eigenvalue weighted by molar-refractivity contribution is 0.256. The first-order valence-corrected chi connectivity index (χ1v) is 10.9. The first kappa shape index (κ1) is 21.7. The average molecular weight is 454 g/mol. The number of carbonyl (C=O) groups is 1. The van der Waals surface area contributed by atoms with Crippen molar-refractivity contribution in [2.45, 2.75) is 38.1 Å². The number of urea groups is 1. The van der Waals surface area contributed by atoms with Gasteiger partial charge in [-0.25, -0.2) is 19.5 Å². The third kappa shape index (κ3) is 4.76. The third-order valence-electron chi connectivity index (χ3n) is 3.99. The van der Waals surface area contributed by atoms with Crippen molar-refractivity contribution in [1.82, 2.24) is 29.3 Å². The van der Waals surface area contributed by atoms with Gasteiger partial charge in [-0.1, -0.05) is 24.9 Å². The first-order valence-electron chi connectivity index (χ1n) is 9.01. The molecular formula is C17H20ClN7O4S. The summed E-state index contributed by atoms with van der Waals surface area (Å²) in [5.74, 6) is 0.0954. The summed E-state index contributed by atoms with van der Waals surface area (Å²) < 4.78 is 33.6. The van der Waals surface area contributed by atoms with Crippen molar-refractivity contribution in [3.05, 3.63) is 34.7 Å². The van der Waals surface area contributed by atoms with Gasteiger partial charge in [0.2, 0.25) is 16.9 Å². The Hall–Kier alpha value is -2.99. The molecule has 0 aliphatic rings. The molecule has 0 aromatic carbocycles. The minimum atomic E-state index is -4.40. The van der Waals surface area contributed by atoms with E-state index in [2.05, 4.69) is 25.4 Å². The number of unbranched alkanes of at least 4 members (excludes halogenated alkanes) is 1. The number of imidazole rings is 1. The van der Waals surface area contributed by atoms with Crippen LogP contribution in [0, 0.1) is 6.92 Å². The number of fused-ring (bicyclic) bond motifs is 1. The van der Waals surface area contributed by atoms with Crippen LogP contribution in [0.25, 0.3) is 5.65 Å². The summed E-state index contributed by atoms with van der Waals surface area (Å²) in [6.07, 6.45) is 2.52. The van der Waals surface area contributed by atoms with Gasteiger partial charge in [0.05, 0.1) is 12.8 Å². The fourth-order valence-corrected chi connectivity index (χ4v) is 4.13. The van der Waals surface area contributed by atoms with Crippen LogP contribution in [0.1, 0.15) is 31.2 Å². The van der Waals surface area contributed by atoms with Gasteiger partial charge < -0.3 is 4.74 Å². The van der Waals surface area contributed by atoms with Crippen molar-refractivity contribution in [3.8, 4) is 5.88 Å². The predicted octanol–water partition coefficient (Wildman–Crippen LogP) is 2.34. The zero-order valence-electron chi connectivity index (χ0n) is 16.5. The number of nitrogens with one attached hydrogen (secondary N) is 2. The van der Waals surface area contributed by atoms with E-state index in [0.717, 1.165) is 17.4 Å². The molecule has 30 heavy (non-hydrogen) atoms. The average Bonchev–Trinajstić information content (AvgIpc) is 3.00. The summed E-state index contributed by atoms with van der Waals surface area (Å²) in [6, 6.07) is 3.86. The molecule has 13 heteroatoms. The normalized spacial score (nSPS) is 11.5. The van der Waals surface area contributed by atoms with Crippen molar-refractivity contribution >= 4 is 39.3 Å². The van der Waals surface area contributed by atoms with E-state index in [4.69, 9.17) is 16.3 Å². The maximum absolute atomic E-state index is 12.8. The van der Waals surface area contributed by atoms with Crippen molar-refractivity contribution in [1.29, 1.82) is 0 Å². The van der Waals surface area contributed by atoms with Crippen LogP contribution in [0.5, 0.6) is 5.88 Å². The van der Waals surface area contributed by atoms with Gasteiger partial charge in [-0.2, -0.15) is 23.0 Å². The maximum Gasteiger partial charge on any atom is 0.335 e. The number of rotatable bonds is 7. The second-order valence-corrected chi connectivity index (χ2v) is 8.30. The van der Waals surface area contributed by atoms with Crippen LogP contribution in [0.2, 0.25) is 5.15 Å². The molecule has 2 N–H and O–H groups in total. The lowest BCUT2D eigenvalue weighted by atomic mass is 10.2. The number of ether oxygens (including phenoxy) is 1. The number of aryl methyl sites for hydroxylation is 2. The number of aromatic nitrogens is 5. The molecule has 0 aliphatic heterocycles. The summed E-state index contributed by atoms with van der Waals surface area (Å²) in [5.41, 5.74) is 1.45. The van der Waals surface area contributed by atoms with Gasteiger partial charge in [0.25, 0.3) is 10.0 Å². The van der Waals surface area contributed by atoms with Gasteiger partial charge in [-0.3, -0.25) is 5.32 Å². The highest BCUT2D eigenvalue weighted by Crippen LogP contribution is 2.22. The highest BCUT2D eigenvalue weighted by Gasteiger charge is 2.28. The number of halogens is 1. The highest BCUT2D eigenvalue weighted by molar-refractivity contribution is 7.90. The molecule has 3 aromatic rings. The molecule has 0 unspecified atom stereocenters. The Morgan fingerprint density at radius 1 is 1.27 bits per heavy atom. The summed E-state index contributed by atoms with van der Waals surface area (Å²) in [6.45, 7) is 3.71. The molecule has 0 bridgehead atoms. The number of sulfonamides is 1. The molecule has 0 radical (unpaired) electrons. The van der Waals surface area contributed by atoms with E-state index in [1.165, 1.54) is 7.11 Å². The van der Waals surface area contributed by atoms with Crippen LogP contribution in [-0.2, 0) is 16.4 Å². The Balaban J connectivity index is 1.87. The molecule has 3 aromatic heterocycles. The number of methoxy groups -OCH3 is 1. The van der Waals surface area contributed by atoms with Crippen LogP contribution >= 0.6 is 11.6 Å². The number of hydrogen-bond donors (Lipinski definition) is 2.